The maximum absolute atomic E-state index is 13.4. The number of imidazole rings is 1. The number of sulfone groups is 1. The summed E-state index contributed by atoms with van der Waals surface area (Å²) in [5.41, 5.74) is -0.468. The van der Waals surface area contributed by atoms with Crippen molar-refractivity contribution in [1.82, 2.24) is 14.9 Å². The number of halogens is 2. The molecule has 0 bridgehead atoms. The summed E-state index contributed by atoms with van der Waals surface area (Å²) in [4.78, 5) is 17.6. The molecule has 40 heavy (non-hydrogen) atoms. The minimum Gasteiger partial charge on any atom is -0.433 e. The lowest BCUT2D eigenvalue weighted by molar-refractivity contribution is -0.0499. The molecule has 0 saturated heterocycles. The van der Waals surface area contributed by atoms with E-state index in [0.29, 0.717) is 37.9 Å². The van der Waals surface area contributed by atoms with Crippen molar-refractivity contribution >= 4 is 15.7 Å². The number of amides is 1. The van der Waals surface area contributed by atoms with Gasteiger partial charge in [0, 0.05) is 19.2 Å². The van der Waals surface area contributed by atoms with Crippen LogP contribution in [0.25, 0.3) is 5.69 Å². The number of alkyl halides is 2. The molecule has 0 unspecified atom stereocenters. The van der Waals surface area contributed by atoms with Crippen molar-refractivity contribution < 1.29 is 26.7 Å². The van der Waals surface area contributed by atoms with Crippen LogP contribution in [-0.2, 0) is 22.7 Å². The van der Waals surface area contributed by atoms with E-state index >= 15 is 0 Å². The van der Waals surface area contributed by atoms with Crippen molar-refractivity contribution in [2.75, 3.05) is 12.8 Å². The highest BCUT2D eigenvalue weighted by Crippen LogP contribution is 2.38. The first-order valence-electron chi connectivity index (χ1n) is 13.1. The molecule has 0 spiro atoms. The molecule has 1 aliphatic carbocycles. The molecule has 12 heteroatoms. The number of hydrogen-bond acceptors (Lipinski definition) is 7. The number of benzene rings is 1. The van der Waals surface area contributed by atoms with Gasteiger partial charge in [0.2, 0.25) is 0 Å². The molecule has 1 saturated carbocycles. The average molecular weight is 576 g/mol. The summed E-state index contributed by atoms with van der Waals surface area (Å²) < 4.78 is 56.8. The van der Waals surface area contributed by atoms with E-state index in [1.54, 1.807) is 19.1 Å². The lowest BCUT2D eigenvalue weighted by Crippen LogP contribution is -2.41. The minimum atomic E-state index is -3.22. The Morgan fingerprint density at radius 2 is 1.93 bits per heavy atom. The van der Waals surface area contributed by atoms with E-state index in [-0.39, 0.29) is 41.2 Å². The number of carbonyl (C=O) groups is 1. The largest absolute Gasteiger partial charge is 0.433 e. The molecule has 3 rings (SSSR count). The highest BCUT2D eigenvalue weighted by Gasteiger charge is 2.39. The lowest BCUT2D eigenvalue weighted by atomic mass is 9.75. The monoisotopic (exact) mass is 575 g/mol. The average Bonchev–Trinajstić information content (AvgIpc) is 3.24. The van der Waals surface area contributed by atoms with Crippen molar-refractivity contribution in [1.29, 1.82) is 10.5 Å². The lowest BCUT2D eigenvalue weighted by Gasteiger charge is -2.34. The topological polar surface area (TPSA) is 138 Å². The second-order valence-electron chi connectivity index (χ2n) is 11.5. The molecule has 2 aromatic rings. The molecule has 1 heterocycles. The fourth-order valence-electron chi connectivity index (χ4n) is 5.11. The molecule has 1 aromatic heterocycles. The van der Waals surface area contributed by atoms with Crippen LogP contribution < -0.4 is 10.1 Å². The Balaban J connectivity index is 1.94. The number of aromatic nitrogens is 2. The zero-order valence-corrected chi connectivity index (χ0v) is 24.2. The van der Waals surface area contributed by atoms with E-state index in [2.05, 4.69) is 16.4 Å². The van der Waals surface area contributed by atoms with Crippen LogP contribution in [0.15, 0.2) is 18.2 Å². The van der Waals surface area contributed by atoms with Gasteiger partial charge in [-0.1, -0.05) is 33.8 Å². The minimum absolute atomic E-state index is 0.0424. The van der Waals surface area contributed by atoms with E-state index in [9.17, 15) is 32.5 Å². The molecule has 1 aromatic carbocycles. The first kappa shape index (κ1) is 31.0. The third kappa shape index (κ3) is 7.16. The van der Waals surface area contributed by atoms with E-state index in [0.717, 1.165) is 5.56 Å². The summed E-state index contributed by atoms with van der Waals surface area (Å²) >= 11 is 0. The van der Waals surface area contributed by atoms with Crippen molar-refractivity contribution in [3.05, 3.63) is 41.0 Å². The number of rotatable bonds is 9. The normalized spacial score (nSPS) is 19.6. The Labute approximate surface area is 234 Å². The zero-order valence-electron chi connectivity index (χ0n) is 23.4. The number of nitrogens with zero attached hydrogens (tertiary/aromatic N) is 4. The molecular formula is C28H35F2N5O4S. The highest BCUT2D eigenvalue weighted by atomic mass is 32.2. The molecule has 1 fully saturated rings. The van der Waals surface area contributed by atoms with Crippen LogP contribution in [0.1, 0.15) is 80.9 Å². The van der Waals surface area contributed by atoms with Crippen molar-refractivity contribution in [3.63, 3.8) is 0 Å². The van der Waals surface area contributed by atoms with Gasteiger partial charge >= 0.3 is 6.61 Å². The molecular weight excluding hydrogens is 540 g/mol. The van der Waals surface area contributed by atoms with Crippen LogP contribution >= 0.6 is 0 Å². The van der Waals surface area contributed by atoms with Gasteiger partial charge in [-0.05, 0) is 55.2 Å². The smallest absolute Gasteiger partial charge is 0.387 e. The number of carbonyl (C=O) groups excluding carboxylic acids is 1. The Bertz CT molecular complexity index is 1440. The zero-order chi connectivity index (χ0) is 29.9. The number of nitrogens with one attached hydrogen (secondary N) is 1. The van der Waals surface area contributed by atoms with Crippen LogP contribution in [0.5, 0.6) is 5.75 Å². The van der Waals surface area contributed by atoms with Crippen molar-refractivity contribution in [2.45, 2.75) is 78.1 Å². The SMILES string of the molecule is CCc1nc(C(=O)NCC2(C#N)CCC(S(C)(=O)=O)CC2)c(C#N)n1-c1ccc(CC(C)(C)C)cc1OC(F)F. The summed E-state index contributed by atoms with van der Waals surface area (Å²) in [6, 6.07) is 9.07. The second-order valence-corrected chi connectivity index (χ2v) is 13.9. The molecule has 0 radical (unpaired) electrons. The fraction of sp³-hybridized carbons (Fsp3) is 0.571. The predicted octanol–water partition coefficient (Wildman–Crippen LogP) is 4.72. The Hall–Kier alpha value is -3.51. The van der Waals surface area contributed by atoms with E-state index in [4.69, 9.17) is 4.74 Å². The van der Waals surface area contributed by atoms with Gasteiger partial charge in [-0.3, -0.25) is 9.36 Å². The number of hydrogen-bond donors (Lipinski definition) is 1. The van der Waals surface area contributed by atoms with E-state index in [1.807, 2.05) is 26.8 Å². The van der Waals surface area contributed by atoms with E-state index in [1.165, 1.54) is 16.9 Å². The van der Waals surface area contributed by atoms with Crippen LogP contribution in [-0.4, -0.2) is 48.5 Å². The van der Waals surface area contributed by atoms with Gasteiger partial charge in [-0.15, -0.1) is 0 Å². The third-order valence-corrected chi connectivity index (χ3v) is 8.80. The quantitative estimate of drug-likeness (QED) is 0.456. The highest BCUT2D eigenvalue weighted by molar-refractivity contribution is 7.91. The molecule has 216 valence electrons. The van der Waals surface area contributed by atoms with Gasteiger partial charge in [0.05, 0.1) is 22.4 Å². The third-order valence-electron chi connectivity index (χ3n) is 7.12. The Kier molecular flexibility index (Phi) is 9.25. The molecule has 0 atom stereocenters. The van der Waals surface area contributed by atoms with Gasteiger partial charge in [0.15, 0.2) is 11.4 Å². The Morgan fingerprint density at radius 1 is 1.27 bits per heavy atom. The van der Waals surface area contributed by atoms with Crippen LogP contribution in [0.4, 0.5) is 8.78 Å². The van der Waals surface area contributed by atoms with Gasteiger partial charge in [0.1, 0.15) is 27.5 Å². The maximum Gasteiger partial charge on any atom is 0.387 e. The Morgan fingerprint density at radius 3 is 2.42 bits per heavy atom. The van der Waals surface area contributed by atoms with Gasteiger partial charge < -0.3 is 10.1 Å². The second kappa shape index (κ2) is 11.9. The molecule has 1 N–H and O–H groups in total. The van der Waals surface area contributed by atoms with Crippen LogP contribution in [0.3, 0.4) is 0 Å². The van der Waals surface area contributed by atoms with Crippen LogP contribution in [0.2, 0.25) is 0 Å². The molecule has 9 nitrogen and oxygen atoms in total. The maximum atomic E-state index is 13.4. The van der Waals surface area contributed by atoms with Crippen molar-refractivity contribution in [3.8, 4) is 23.6 Å². The summed E-state index contributed by atoms with van der Waals surface area (Å²) in [5, 5.41) is 22.1. The number of aryl methyl sites for hydroxylation is 1. The number of ether oxygens (including phenoxy) is 1. The van der Waals surface area contributed by atoms with Crippen molar-refractivity contribution in [2.24, 2.45) is 10.8 Å². The summed E-state index contributed by atoms with van der Waals surface area (Å²) in [6.45, 7) is 4.67. The van der Waals surface area contributed by atoms with Gasteiger partial charge in [-0.25, -0.2) is 13.4 Å². The first-order chi connectivity index (χ1) is 18.6. The summed E-state index contributed by atoms with van der Waals surface area (Å²) in [7, 11) is -3.22. The molecule has 1 aliphatic rings. The first-order valence-corrected chi connectivity index (χ1v) is 15.1. The molecule has 0 aliphatic heterocycles. The van der Waals surface area contributed by atoms with E-state index < -0.39 is 33.0 Å². The van der Waals surface area contributed by atoms with Gasteiger partial charge in [0.25, 0.3) is 5.91 Å². The molecule has 1 amide bonds. The predicted molar refractivity (Wildman–Crippen MR) is 145 cm³/mol. The standard InChI is InChI=1S/C28H35F2N5O4S/c1-6-23-34-24(25(36)33-17-28(16-32)11-9-19(10-12-28)40(5,37)38)21(15-31)35(23)20-8-7-18(14-27(2,3)4)13-22(20)39-26(29)30/h7-8,13,19,26H,6,9-12,14,17H2,1-5H3,(H,33,36). The van der Waals surface area contributed by atoms with Gasteiger partial charge in [-0.2, -0.15) is 19.3 Å². The summed E-state index contributed by atoms with van der Waals surface area (Å²) in [5.74, 6) is -0.531. The summed E-state index contributed by atoms with van der Waals surface area (Å²) in [6.07, 6.45) is 3.31. The fourth-order valence-corrected chi connectivity index (χ4v) is 6.21. The van der Waals surface area contributed by atoms with Crippen LogP contribution in [0, 0.1) is 33.5 Å². The number of nitriles is 2.